The number of aliphatic carboxylic acids is 3. The van der Waals surface area contributed by atoms with Crippen LogP contribution in [0.25, 0.3) is 0 Å². The number of benzene rings is 3. The number of rotatable bonds is 12. The van der Waals surface area contributed by atoms with Crippen LogP contribution in [0.4, 0.5) is 0 Å². The van der Waals surface area contributed by atoms with E-state index in [2.05, 4.69) is 0 Å². The minimum atomic E-state index is -1.82. The third kappa shape index (κ3) is 14.7. The molecule has 0 unspecified atom stereocenters. The summed E-state index contributed by atoms with van der Waals surface area (Å²) in [5.41, 5.74) is 0.964. The number of carboxylic acids is 3. The molecule has 0 N–H and O–H groups in total. The zero-order valence-corrected chi connectivity index (χ0v) is 23.4. The molecular formula is C30H21AlO12. The SMILES string of the molecule is O=C([O-])C(=O)CC(=O)c1ccccc1.O=C([O-])C(=O)CC(=O)c1ccccc1.O=C([O-])C(=O)CC(=O)c1ccccc1.[Al+3]. The van der Waals surface area contributed by atoms with Crippen LogP contribution in [-0.4, -0.2) is 70.0 Å². The summed E-state index contributed by atoms with van der Waals surface area (Å²) in [4.78, 5) is 95.8. The van der Waals surface area contributed by atoms with Crippen LogP contribution < -0.4 is 15.3 Å². The molecule has 0 saturated heterocycles. The second-order valence-electron chi connectivity index (χ2n) is 8.03. The van der Waals surface area contributed by atoms with Crippen LogP contribution in [0.3, 0.4) is 0 Å². The Hall–Kier alpha value is -5.38. The van der Waals surface area contributed by atoms with E-state index in [1.165, 1.54) is 36.4 Å². The van der Waals surface area contributed by atoms with E-state index >= 15 is 0 Å². The molecule has 0 radical (unpaired) electrons. The summed E-state index contributed by atoms with van der Waals surface area (Å²) in [6, 6.07) is 24.1. The molecule has 3 aromatic rings. The summed E-state index contributed by atoms with van der Waals surface area (Å²) < 4.78 is 0. The molecule has 0 bridgehead atoms. The zero-order valence-electron chi connectivity index (χ0n) is 22.3. The van der Waals surface area contributed by atoms with Crippen molar-refractivity contribution in [3.63, 3.8) is 0 Å². The Balaban J connectivity index is 0.000000608. The van der Waals surface area contributed by atoms with Crippen molar-refractivity contribution in [1.29, 1.82) is 0 Å². The second kappa shape index (κ2) is 19.7. The Labute approximate surface area is 255 Å². The van der Waals surface area contributed by atoms with E-state index in [0.29, 0.717) is 16.7 Å². The van der Waals surface area contributed by atoms with Crippen molar-refractivity contribution in [2.45, 2.75) is 19.3 Å². The van der Waals surface area contributed by atoms with Crippen molar-refractivity contribution in [2.75, 3.05) is 0 Å². The maximum atomic E-state index is 11.2. The van der Waals surface area contributed by atoms with Gasteiger partial charge in [-0.25, -0.2) is 0 Å². The van der Waals surface area contributed by atoms with Gasteiger partial charge in [-0.1, -0.05) is 91.0 Å². The molecule has 0 amide bonds. The van der Waals surface area contributed by atoms with E-state index in [0.717, 1.165) is 0 Å². The van der Waals surface area contributed by atoms with E-state index in [-0.39, 0.29) is 17.4 Å². The number of carboxylic acid groups (broad SMARTS) is 3. The van der Waals surface area contributed by atoms with Gasteiger partial charge in [0.05, 0.1) is 19.3 Å². The minimum absolute atomic E-state index is 0. The maximum absolute atomic E-state index is 11.2. The van der Waals surface area contributed by atoms with Crippen molar-refractivity contribution in [3.8, 4) is 0 Å². The summed E-state index contributed by atoms with van der Waals surface area (Å²) in [5, 5.41) is 30.2. The summed E-state index contributed by atoms with van der Waals surface area (Å²) >= 11 is 0. The third-order valence-electron chi connectivity index (χ3n) is 4.93. The minimum Gasteiger partial charge on any atom is -0.542 e. The summed E-state index contributed by atoms with van der Waals surface area (Å²) in [6.07, 6.45) is -1.94. The molecule has 0 saturated carbocycles. The Morgan fingerprint density at radius 1 is 0.372 bits per heavy atom. The van der Waals surface area contributed by atoms with E-state index in [9.17, 15) is 58.5 Å². The van der Waals surface area contributed by atoms with Crippen LogP contribution >= 0.6 is 0 Å². The fourth-order valence-corrected chi connectivity index (χ4v) is 2.83. The molecule has 0 atom stereocenters. The first-order valence-electron chi connectivity index (χ1n) is 11.8. The van der Waals surface area contributed by atoms with Crippen molar-refractivity contribution in [2.24, 2.45) is 0 Å². The standard InChI is InChI=1S/3C10H8O4.Al/c3*11-8(6-9(12)10(13)14)7-4-2-1-3-5-7;/h3*1-5H,6H2,(H,13,14);/q;;;+3/p-3. The van der Waals surface area contributed by atoms with Gasteiger partial charge in [-0.3, -0.25) is 28.8 Å². The maximum Gasteiger partial charge on any atom is 3.00 e. The van der Waals surface area contributed by atoms with Crippen molar-refractivity contribution < 1.29 is 58.5 Å². The van der Waals surface area contributed by atoms with Crippen LogP contribution in [0.2, 0.25) is 0 Å². The number of Topliss-reactive ketones (excluding diaryl/α,β-unsaturated/α-hetero) is 6. The molecule has 0 spiro atoms. The Bertz CT molecular complexity index is 1290. The summed E-state index contributed by atoms with van der Waals surface area (Å²) in [7, 11) is 0. The smallest absolute Gasteiger partial charge is 0.542 e. The van der Waals surface area contributed by atoms with Crippen LogP contribution in [0.5, 0.6) is 0 Å². The largest absolute Gasteiger partial charge is 3.00 e. The average Bonchev–Trinajstić information content (AvgIpc) is 2.98. The first kappa shape index (κ1) is 37.6. The van der Waals surface area contributed by atoms with Crippen molar-refractivity contribution >= 4 is 70.0 Å². The van der Waals surface area contributed by atoms with E-state index < -0.39 is 71.9 Å². The van der Waals surface area contributed by atoms with Crippen LogP contribution in [0.1, 0.15) is 50.3 Å². The fraction of sp³-hybridized carbons (Fsp3) is 0.100. The van der Waals surface area contributed by atoms with Gasteiger partial charge in [0.1, 0.15) is 17.9 Å². The van der Waals surface area contributed by atoms with Crippen molar-refractivity contribution in [3.05, 3.63) is 108 Å². The molecule has 0 heterocycles. The van der Waals surface area contributed by atoms with Crippen LogP contribution in [0.15, 0.2) is 91.0 Å². The molecule has 12 nitrogen and oxygen atoms in total. The number of hydrogen-bond acceptors (Lipinski definition) is 12. The monoisotopic (exact) mass is 600 g/mol. The molecule has 0 fully saturated rings. The molecule has 0 aliphatic carbocycles. The van der Waals surface area contributed by atoms with Gasteiger partial charge in [-0.2, -0.15) is 0 Å². The number of carbonyl (C=O) groups excluding carboxylic acids is 9. The van der Waals surface area contributed by atoms with Gasteiger partial charge in [0.2, 0.25) is 0 Å². The van der Waals surface area contributed by atoms with Crippen molar-refractivity contribution in [1.82, 2.24) is 0 Å². The molecule has 0 aromatic heterocycles. The molecule has 43 heavy (non-hydrogen) atoms. The predicted molar refractivity (Wildman–Crippen MR) is 142 cm³/mol. The van der Waals surface area contributed by atoms with E-state index in [1.54, 1.807) is 54.6 Å². The van der Waals surface area contributed by atoms with Gasteiger partial charge >= 0.3 is 17.4 Å². The van der Waals surface area contributed by atoms with Gasteiger partial charge in [0.15, 0.2) is 34.7 Å². The topological polar surface area (TPSA) is 223 Å². The quantitative estimate of drug-likeness (QED) is 0.0987. The normalized spacial score (nSPS) is 9.21. The Kier molecular flexibility index (Phi) is 17.2. The molecule has 3 aromatic carbocycles. The molecule has 0 aliphatic heterocycles. The molecule has 0 aliphatic rings. The number of ketones is 6. The summed E-state index contributed by atoms with van der Waals surface area (Å²) in [5.74, 6) is -10.6. The van der Waals surface area contributed by atoms with Crippen LogP contribution in [0, 0.1) is 0 Å². The van der Waals surface area contributed by atoms with Crippen LogP contribution in [-0.2, 0) is 28.8 Å². The molecule has 3 rings (SSSR count). The van der Waals surface area contributed by atoms with Gasteiger partial charge < -0.3 is 29.7 Å². The Morgan fingerprint density at radius 2 is 0.558 bits per heavy atom. The second-order valence-corrected chi connectivity index (χ2v) is 8.03. The molecular weight excluding hydrogens is 579 g/mol. The zero-order chi connectivity index (χ0) is 31.7. The number of hydrogen-bond donors (Lipinski definition) is 0. The summed E-state index contributed by atoms with van der Waals surface area (Å²) in [6.45, 7) is 0. The first-order valence-corrected chi connectivity index (χ1v) is 11.8. The molecule has 216 valence electrons. The van der Waals surface area contributed by atoms with Gasteiger partial charge in [0.25, 0.3) is 0 Å². The van der Waals surface area contributed by atoms with E-state index in [4.69, 9.17) is 0 Å². The van der Waals surface area contributed by atoms with Gasteiger partial charge in [-0.05, 0) is 0 Å². The first-order chi connectivity index (χ1) is 19.8. The number of carbonyl (C=O) groups is 9. The Morgan fingerprint density at radius 3 is 0.721 bits per heavy atom. The fourth-order valence-electron chi connectivity index (χ4n) is 2.83. The van der Waals surface area contributed by atoms with Gasteiger partial charge in [0, 0.05) is 16.7 Å². The third-order valence-corrected chi connectivity index (χ3v) is 4.93. The van der Waals surface area contributed by atoms with E-state index in [1.807, 2.05) is 0 Å². The predicted octanol–water partition coefficient (Wildman–Crippen LogP) is -1.65. The average molecular weight is 600 g/mol. The van der Waals surface area contributed by atoms with Gasteiger partial charge in [-0.15, -0.1) is 0 Å². The molecule has 13 heteroatoms.